The Labute approximate surface area is 401 Å². The minimum atomic E-state index is -4.33. The topological polar surface area (TPSA) is 63.1 Å². The maximum Gasteiger partial charge on any atom is 0.389 e. The van der Waals surface area contributed by atoms with Gasteiger partial charge in [0.25, 0.3) is 0 Å². The molecular weight excluding hydrogens is 994 g/mol. The fourth-order valence-electron chi connectivity index (χ4n) is 9.58. The summed E-state index contributed by atoms with van der Waals surface area (Å²) in [5, 5.41) is 14.1. The van der Waals surface area contributed by atoms with E-state index in [1.807, 2.05) is 26.0 Å². The normalized spacial score (nSPS) is 15.5. The first-order chi connectivity index (χ1) is 31.4. The van der Waals surface area contributed by atoms with Crippen LogP contribution in [0.15, 0.2) is 97.0 Å². The van der Waals surface area contributed by atoms with Gasteiger partial charge in [0.15, 0.2) is 5.78 Å². The molecule has 8 rings (SSSR count). The van der Waals surface area contributed by atoms with Crippen molar-refractivity contribution in [2.45, 2.75) is 144 Å². The fourth-order valence-corrected chi connectivity index (χ4v) is 9.58. The molecular formula is C57H65F3IrN2O2-2. The summed E-state index contributed by atoms with van der Waals surface area (Å²) < 4.78 is 53.0. The Morgan fingerprint density at radius 2 is 1.11 bits per heavy atom. The number of hydrogen-bond donors (Lipinski definition) is 1. The van der Waals surface area contributed by atoms with Crippen molar-refractivity contribution in [2.75, 3.05) is 0 Å². The van der Waals surface area contributed by atoms with Crippen molar-refractivity contribution < 1.29 is 45.9 Å². The monoisotopic (exact) mass is 1060 g/mol. The molecule has 0 saturated heterocycles. The third-order valence-corrected chi connectivity index (χ3v) is 13.0. The second-order valence-electron chi connectivity index (χ2n) is 18.0. The van der Waals surface area contributed by atoms with Crippen LogP contribution in [0.1, 0.15) is 146 Å². The first kappa shape index (κ1) is 48.3. The summed E-state index contributed by atoms with van der Waals surface area (Å²) in [7, 11) is 0. The van der Waals surface area contributed by atoms with Crippen LogP contribution in [0.5, 0.6) is 0 Å². The molecule has 0 aliphatic heterocycles. The van der Waals surface area contributed by atoms with E-state index in [1.54, 1.807) is 6.92 Å². The van der Waals surface area contributed by atoms with Gasteiger partial charge in [-0.3, -0.25) is 4.79 Å². The number of aryl methyl sites for hydroxylation is 4. The summed E-state index contributed by atoms with van der Waals surface area (Å²) in [6.07, 6.45) is 8.12. The van der Waals surface area contributed by atoms with Crippen LogP contribution in [0.2, 0.25) is 0 Å². The van der Waals surface area contributed by atoms with Gasteiger partial charge in [-0.2, -0.15) is 13.2 Å². The van der Waals surface area contributed by atoms with Crippen molar-refractivity contribution >= 4 is 27.3 Å². The van der Waals surface area contributed by atoms with Crippen LogP contribution in [-0.2, 0) is 24.9 Å². The van der Waals surface area contributed by atoms with Crippen LogP contribution in [0, 0.1) is 51.7 Å². The Morgan fingerprint density at radius 1 is 0.692 bits per heavy atom. The molecule has 1 unspecified atom stereocenters. The van der Waals surface area contributed by atoms with E-state index in [9.17, 15) is 23.1 Å². The number of fused-ring (bicyclic) bond motifs is 2. The van der Waals surface area contributed by atoms with Gasteiger partial charge in [0.2, 0.25) is 0 Å². The van der Waals surface area contributed by atoms with Crippen LogP contribution in [0.4, 0.5) is 13.2 Å². The van der Waals surface area contributed by atoms with E-state index in [0.29, 0.717) is 37.0 Å². The van der Waals surface area contributed by atoms with Crippen LogP contribution in [0.3, 0.4) is 0 Å². The summed E-state index contributed by atoms with van der Waals surface area (Å²) >= 11 is 0. The number of carbonyl (C=O) groups excluding carboxylic acids is 1. The Hall–Kier alpha value is -4.65. The van der Waals surface area contributed by atoms with Crippen LogP contribution in [-0.4, -0.2) is 27.0 Å². The maximum absolute atomic E-state index is 12.3. The standard InChI is InChI=1S/2C22H22N.C13H21F3O2.Ir/c2*1-15-11-16(2)13-20(12-15)22-21-8-7-18(17-5-3-4-6-17)14-19(21)9-10-23-22;1-4-9(5-2)11(17)7-12(18)10(6-3)8-13(14,15)16;/h2*7-12,14,17H,3-6H2,1-2H3;7,9-10,18H,4-6,8H2,1-3H3;/q2*-1;;/b;;12-7-;/i2*10D;;. The van der Waals surface area contributed by atoms with Crippen molar-refractivity contribution in [3.05, 3.63) is 142 Å². The van der Waals surface area contributed by atoms with E-state index in [0.717, 1.165) is 61.3 Å². The van der Waals surface area contributed by atoms with E-state index in [4.69, 9.17) is 2.74 Å². The Kier molecular flexibility index (Phi) is 17.6. The first-order valence-corrected chi connectivity index (χ1v) is 23.3. The van der Waals surface area contributed by atoms with Gasteiger partial charge in [-0.1, -0.05) is 111 Å². The van der Waals surface area contributed by atoms with E-state index < -0.39 is 24.3 Å². The zero-order valence-corrected chi connectivity index (χ0v) is 41.4. The van der Waals surface area contributed by atoms with Crippen molar-refractivity contribution in [3.8, 4) is 22.5 Å². The van der Waals surface area contributed by atoms with Gasteiger partial charge in [0.1, 0.15) is 0 Å². The average Bonchev–Trinajstić information content (AvgIpc) is 4.01. The number of aliphatic hydroxyl groups excluding tert-OH is 1. The number of carbonyl (C=O) groups is 1. The summed E-state index contributed by atoms with van der Waals surface area (Å²) in [5.41, 5.74) is 11.2. The SMILES string of the molecule is CCC(CC)C(=O)/C=C(\O)C(CC)CC(F)(F)F.[2H]c1cc2cc(C3CCCC3)ccc2c(-c2[c-]c(C)cc(C)c2)n1.[2H]c1cc2cc(C3CCCC3)ccc2c(-c2[c-]c(C)cc(C)c2)n1.[Ir]. The molecule has 0 amide bonds. The summed E-state index contributed by atoms with van der Waals surface area (Å²) in [4.78, 5) is 20.7. The van der Waals surface area contributed by atoms with Crippen molar-refractivity contribution in [3.63, 3.8) is 0 Å². The molecule has 65 heavy (non-hydrogen) atoms. The molecule has 2 heterocycles. The zero-order chi connectivity index (χ0) is 47.7. The van der Waals surface area contributed by atoms with E-state index in [1.165, 1.54) is 73.6 Å². The number of ketones is 1. The number of halogens is 3. The quantitative estimate of drug-likeness (QED) is 0.0798. The fraction of sp³-hybridized carbons (Fsp3) is 0.421. The number of aromatic nitrogens is 2. The van der Waals surface area contributed by atoms with Crippen molar-refractivity contribution in [1.29, 1.82) is 0 Å². The summed E-state index contributed by atoms with van der Waals surface area (Å²) in [6.45, 7) is 13.5. The van der Waals surface area contributed by atoms with Gasteiger partial charge < -0.3 is 15.1 Å². The molecule has 2 fully saturated rings. The molecule has 1 radical (unpaired) electrons. The third kappa shape index (κ3) is 13.9. The Morgan fingerprint density at radius 3 is 1.48 bits per heavy atom. The smallest absolute Gasteiger partial charge is 0.389 e. The van der Waals surface area contributed by atoms with Crippen LogP contribution >= 0.6 is 0 Å². The van der Waals surface area contributed by atoms with Gasteiger partial charge in [-0.05, 0) is 113 Å². The molecule has 6 aromatic rings. The minimum Gasteiger partial charge on any atom is -0.512 e. The number of aliphatic hydroxyl groups is 1. The Balaban J connectivity index is 0.000000190. The largest absolute Gasteiger partial charge is 0.512 e. The summed E-state index contributed by atoms with van der Waals surface area (Å²) in [6, 6.07) is 32.5. The molecule has 1 N–H and O–H groups in total. The first-order valence-electron chi connectivity index (χ1n) is 24.3. The van der Waals surface area contributed by atoms with Gasteiger partial charge in [-0.25, -0.2) is 0 Å². The molecule has 0 spiro atoms. The number of allylic oxidation sites excluding steroid dienone is 2. The number of hydrogen-bond acceptors (Lipinski definition) is 4. The van der Waals surface area contributed by atoms with Crippen molar-refractivity contribution in [2.24, 2.45) is 11.8 Å². The molecule has 2 aliphatic rings. The molecule has 2 aromatic heterocycles. The predicted molar refractivity (Wildman–Crippen MR) is 258 cm³/mol. The van der Waals surface area contributed by atoms with E-state index >= 15 is 0 Å². The molecule has 4 nitrogen and oxygen atoms in total. The summed E-state index contributed by atoms with van der Waals surface area (Å²) in [5.74, 6) is -0.621. The zero-order valence-electron chi connectivity index (χ0n) is 41.0. The molecule has 0 bridgehead atoms. The molecule has 4 aromatic carbocycles. The average molecular weight is 1060 g/mol. The maximum atomic E-state index is 12.3. The van der Waals surface area contributed by atoms with Gasteiger partial charge >= 0.3 is 6.18 Å². The van der Waals surface area contributed by atoms with Crippen molar-refractivity contribution in [1.82, 2.24) is 9.97 Å². The number of rotatable bonds is 11. The second kappa shape index (κ2) is 23.7. The number of benzene rings is 4. The Bertz CT molecular complexity index is 2470. The predicted octanol–water partition coefficient (Wildman–Crippen LogP) is 16.4. The van der Waals surface area contributed by atoms with Gasteiger partial charge in [-0.15, -0.1) is 69.8 Å². The van der Waals surface area contributed by atoms with Gasteiger partial charge in [0.05, 0.1) is 14.9 Å². The molecule has 2 aliphatic carbocycles. The van der Waals surface area contributed by atoms with Gasteiger partial charge in [0, 0.05) is 50.4 Å². The molecule has 1 atom stereocenters. The number of pyridine rings is 2. The number of alkyl halides is 3. The molecule has 347 valence electrons. The number of nitrogens with zero attached hydrogens (tertiary/aromatic N) is 2. The molecule has 8 heteroatoms. The van der Waals surface area contributed by atoms with E-state index in [-0.39, 0.29) is 38.2 Å². The van der Waals surface area contributed by atoms with E-state index in [2.05, 4.69) is 110 Å². The van der Waals surface area contributed by atoms with Crippen LogP contribution in [0.25, 0.3) is 44.1 Å². The molecule has 2 saturated carbocycles. The van der Waals surface area contributed by atoms with Crippen LogP contribution < -0.4 is 0 Å². The third-order valence-electron chi connectivity index (χ3n) is 13.0. The minimum absolute atomic E-state index is 0. The second-order valence-corrected chi connectivity index (χ2v) is 18.0.